The number of rotatable bonds is 5. The van der Waals surface area contributed by atoms with Crippen molar-refractivity contribution >= 4 is 11.6 Å². The van der Waals surface area contributed by atoms with Gasteiger partial charge in [0, 0.05) is 24.0 Å². The Morgan fingerprint density at radius 2 is 2.14 bits per heavy atom. The fourth-order valence-corrected chi connectivity index (χ4v) is 1.78. The zero-order valence-electron chi connectivity index (χ0n) is 11.8. The van der Waals surface area contributed by atoms with Gasteiger partial charge in [0.05, 0.1) is 13.7 Å². The normalized spacial score (nSPS) is 10.0. The Bertz CT molecular complexity index is 694. The van der Waals surface area contributed by atoms with Gasteiger partial charge in [0.15, 0.2) is 5.75 Å². The molecule has 0 spiro atoms. The summed E-state index contributed by atoms with van der Waals surface area (Å²) in [5.41, 5.74) is 0.384. The fourth-order valence-electron chi connectivity index (χ4n) is 1.78. The van der Waals surface area contributed by atoms with E-state index >= 15 is 0 Å². The number of pyridine rings is 1. The lowest BCUT2D eigenvalue weighted by Crippen LogP contribution is -2.17. The molecule has 0 bridgehead atoms. The minimum atomic E-state index is -0.414. The molecule has 6 heteroatoms. The number of hydrogen-bond acceptors (Lipinski definition) is 4. The Labute approximate surface area is 121 Å². The number of aromatic nitrogens is 1. The molecule has 1 heterocycles. The van der Waals surface area contributed by atoms with Gasteiger partial charge in [-0.1, -0.05) is 6.07 Å². The first-order chi connectivity index (χ1) is 10.1. The first kappa shape index (κ1) is 14.6. The van der Waals surface area contributed by atoms with E-state index in [0.29, 0.717) is 18.0 Å². The van der Waals surface area contributed by atoms with E-state index in [1.165, 1.54) is 19.4 Å². The lowest BCUT2D eigenvalue weighted by atomic mass is 10.2. The third-order valence-corrected chi connectivity index (χ3v) is 2.74. The number of aromatic amines is 1. The van der Waals surface area contributed by atoms with Gasteiger partial charge in [0.1, 0.15) is 11.4 Å². The van der Waals surface area contributed by atoms with Crippen molar-refractivity contribution in [3.63, 3.8) is 0 Å². The summed E-state index contributed by atoms with van der Waals surface area (Å²) >= 11 is 0. The minimum Gasteiger partial charge on any atom is -0.494 e. The summed E-state index contributed by atoms with van der Waals surface area (Å²) in [6.45, 7) is 2.43. The van der Waals surface area contributed by atoms with Crippen molar-refractivity contribution in [2.45, 2.75) is 6.92 Å². The zero-order chi connectivity index (χ0) is 15.2. The quantitative estimate of drug-likeness (QED) is 0.882. The zero-order valence-corrected chi connectivity index (χ0v) is 11.8. The maximum atomic E-state index is 12.1. The molecule has 1 amide bonds. The van der Waals surface area contributed by atoms with Crippen molar-refractivity contribution < 1.29 is 14.3 Å². The lowest BCUT2D eigenvalue weighted by Gasteiger charge is -2.08. The molecule has 0 radical (unpaired) electrons. The number of amides is 1. The summed E-state index contributed by atoms with van der Waals surface area (Å²) in [5.74, 6) is 0.409. The predicted octanol–water partition coefficient (Wildman–Crippen LogP) is 2.03. The molecular formula is C15H16N2O4. The van der Waals surface area contributed by atoms with Gasteiger partial charge in [-0.05, 0) is 19.1 Å². The van der Waals surface area contributed by atoms with Crippen LogP contribution >= 0.6 is 0 Å². The fraction of sp³-hybridized carbons (Fsp3) is 0.200. The van der Waals surface area contributed by atoms with Gasteiger partial charge in [0.25, 0.3) is 5.91 Å². The second-order valence-corrected chi connectivity index (χ2v) is 4.19. The average molecular weight is 288 g/mol. The summed E-state index contributed by atoms with van der Waals surface area (Å²) in [6.07, 6.45) is 1.36. The van der Waals surface area contributed by atoms with Crippen molar-refractivity contribution in [3.05, 3.63) is 52.4 Å². The van der Waals surface area contributed by atoms with Crippen molar-refractivity contribution in [3.8, 4) is 11.5 Å². The largest absolute Gasteiger partial charge is 0.494 e. The summed E-state index contributed by atoms with van der Waals surface area (Å²) < 4.78 is 10.2. The van der Waals surface area contributed by atoms with Crippen LogP contribution in [0.2, 0.25) is 0 Å². The maximum absolute atomic E-state index is 12.1. The molecule has 0 aliphatic heterocycles. The van der Waals surface area contributed by atoms with E-state index in [0.717, 1.165) is 0 Å². The Balaban J connectivity index is 2.16. The number of carbonyl (C=O) groups is 1. The van der Waals surface area contributed by atoms with Crippen LogP contribution in [0.25, 0.3) is 0 Å². The van der Waals surface area contributed by atoms with Gasteiger partial charge >= 0.3 is 0 Å². The van der Waals surface area contributed by atoms with Crippen LogP contribution in [0, 0.1) is 0 Å². The molecule has 0 aliphatic rings. The Hall–Kier alpha value is -2.76. The molecule has 21 heavy (non-hydrogen) atoms. The molecule has 0 saturated carbocycles. The van der Waals surface area contributed by atoms with Crippen molar-refractivity contribution in [2.75, 3.05) is 19.0 Å². The van der Waals surface area contributed by atoms with Crippen LogP contribution in [0.15, 0.2) is 41.3 Å². The first-order valence-corrected chi connectivity index (χ1v) is 6.45. The lowest BCUT2D eigenvalue weighted by molar-refractivity contribution is 0.102. The first-order valence-electron chi connectivity index (χ1n) is 6.45. The third kappa shape index (κ3) is 3.62. The molecule has 110 valence electrons. The standard InChI is InChI=1S/C15H16N2O4/c1-3-21-11-6-4-5-10(7-11)17-15(19)12-8-13(18)14(20-2)9-16-12/h4-9H,3H2,1-2H3,(H,16,18)(H,17,19). The molecule has 1 aromatic heterocycles. The van der Waals surface area contributed by atoms with Crippen LogP contribution in [0.1, 0.15) is 17.4 Å². The van der Waals surface area contributed by atoms with Crippen LogP contribution in [0.4, 0.5) is 5.69 Å². The summed E-state index contributed by atoms with van der Waals surface area (Å²) in [6, 6.07) is 8.22. The summed E-state index contributed by atoms with van der Waals surface area (Å²) in [4.78, 5) is 26.4. The maximum Gasteiger partial charge on any atom is 0.272 e. The monoisotopic (exact) mass is 288 g/mol. The predicted molar refractivity (Wildman–Crippen MR) is 79.2 cm³/mol. The second-order valence-electron chi connectivity index (χ2n) is 4.19. The van der Waals surface area contributed by atoms with Crippen LogP contribution in [0.5, 0.6) is 11.5 Å². The van der Waals surface area contributed by atoms with E-state index in [1.807, 2.05) is 6.92 Å². The molecule has 0 atom stereocenters. The number of benzene rings is 1. The molecule has 0 unspecified atom stereocenters. The molecule has 2 N–H and O–H groups in total. The van der Waals surface area contributed by atoms with Crippen LogP contribution in [0.3, 0.4) is 0 Å². The highest BCUT2D eigenvalue weighted by Gasteiger charge is 2.10. The molecular weight excluding hydrogens is 272 g/mol. The Morgan fingerprint density at radius 3 is 2.81 bits per heavy atom. The third-order valence-electron chi connectivity index (χ3n) is 2.74. The van der Waals surface area contributed by atoms with Gasteiger partial charge in [-0.2, -0.15) is 0 Å². The van der Waals surface area contributed by atoms with E-state index in [-0.39, 0.29) is 16.9 Å². The van der Waals surface area contributed by atoms with Crippen LogP contribution < -0.4 is 20.2 Å². The highest BCUT2D eigenvalue weighted by atomic mass is 16.5. The molecule has 6 nitrogen and oxygen atoms in total. The minimum absolute atomic E-state index is 0.155. The Kier molecular flexibility index (Phi) is 4.61. The highest BCUT2D eigenvalue weighted by molar-refractivity contribution is 6.02. The number of methoxy groups -OCH3 is 1. The number of carbonyl (C=O) groups excluding carboxylic acids is 1. The smallest absolute Gasteiger partial charge is 0.272 e. The highest BCUT2D eigenvalue weighted by Crippen LogP contribution is 2.17. The number of nitrogens with one attached hydrogen (secondary N) is 2. The molecule has 1 aromatic carbocycles. The number of hydrogen-bond donors (Lipinski definition) is 2. The summed E-state index contributed by atoms with van der Waals surface area (Å²) in [7, 11) is 1.39. The average Bonchev–Trinajstić information content (AvgIpc) is 2.48. The van der Waals surface area contributed by atoms with Crippen LogP contribution in [-0.4, -0.2) is 24.6 Å². The molecule has 0 fully saturated rings. The van der Waals surface area contributed by atoms with Crippen molar-refractivity contribution in [1.82, 2.24) is 4.98 Å². The SMILES string of the molecule is CCOc1cccc(NC(=O)c2cc(=O)c(OC)c[nH]2)c1. The van der Waals surface area contributed by atoms with E-state index < -0.39 is 5.91 Å². The van der Waals surface area contributed by atoms with Gasteiger partial charge in [-0.15, -0.1) is 0 Å². The van der Waals surface area contributed by atoms with E-state index in [4.69, 9.17) is 9.47 Å². The Morgan fingerprint density at radius 1 is 1.33 bits per heavy atom. The van der Waals surface area contributed by atoms with E-state index in [2.05, 4.69) is 10.3 Å². The number of anilines is 1. The topological polar surface area (TPSA) is 80.4 Å². The number of H-pyrrole nitrogens is 1. The van der Waals surface area contributed by atoms with Crippen molar-refractivity contribution in [2.24, 2.45) is 0 Å². The van der Waals surface area contributed by atoms with Gasteiger partial charge < -0.3 is 19.8 Å². The summed E-state index contributed by atoms with van der Waals surface area (Å²) in [5, 5.41) is 2.69. The molecule has 2 aromatic rings. The van der Waals surface area contributed by atoms with E-state index in [9.17, 15) is 9.59 Å². The van der Waals surface area contributed by atoms with Gasteiger partial charge in [-0.25, -0.2) is 0 Å². The van der Waals surface area contributed by atoms with E-state index in [1.54, 1.807) is 24.3 Å². The molecule has 0 aliphatic carbocycles. The molecule has 0 saturated heterocycles. The number of ether oxygens (including phenoxy) is 2. The molecule has 2 rings (SSSR count). The van der Waals surface area contributed by atoms with Crippen LogP contribution in [-0.2, 0) is 0 Å². The second kappa shape index (κ2) is 6.60. The van der Waals surface area contributed by atoms with Crippen molar-refractivity contribution in [1.29, 1.82) is 0 Å². The van der Waals surface area contributed by atoms with Gasteiger partial charge in [0.2, 0.25) is 5.43 Å². The van der Waals surface area contributed by atoms with Gasteiger partial charge in [-0.3, -0.25) is 9.59 Å².